The fourth-order valence-corrected chi connectivity index (χ4v) is 5.36. The first-order chi connectivity index (χ1) is 18.5. The molecule has 1 heterocycles. The van der Waals surface area contributed by atoms with Gasteiger partial charge in [0.25, 0.3) is 5.56 Å². The van der Waals surface area contributed by atoms with Gasteiger partial charge in [0.2, 0.25) is 11.8 Å². The van der Waals surface area contributed by atoms with Crippen LogP contribution in [-0.4, -0.2) is 21.2 Å². The molecule has 0 saturated carbocycles. The summed E-state index contributed by atoms with van der Waals surface area (Å²) in [4.78, 5) is 40.4. The Hall–Kier alpha value is -4.04. The Balaban J connectivity index is 1.61. The second kappa shape index (κ2) is 11.8. The van der Waals surface area contributed by atoms with Crippen LogP contribution in [0.3, 0.4) is 0 Å². The molecule has 3 aromatic carbocycles. The van der Waals surface area contributed by atoms with E-state index in [2.05, 4.69) is 10.6 Å². The number of para-hydroxylation sites is 1. The van der Waals surface area contributed by atoms with Crippen LogP contribution in [0.1, 0.15) is 43.7 Å². The van der Waals surface area contributed by atoms with Crippen LogP contribution in [0.2, 0.25) is 0 Å². The van der Waals surface area contributed by atoms with Gasteiger partial charge in [0.05, 0.1) is 11.4 Å². The van der Waals surface area contributed by atoms with Crippen molar-refractivity contribution in [3.05, 3.63) is 107 Å². The summed E-state index contributed by atoms with van der Waals surface area (Å²) < 4.78 is 3.28. The number of thioether (sulfide) groups is 1. The number of carbonyl (C=O) groups excluding carboxylic acids is 2. The first-order valence-corrected chi connectivity index (χ1v) is 13.7. The van der Waals surface area contributed by atoms with E-state index in [1.54, 1.807) is 16.4 Å². The average Bonchev–Trinajstić information content (AvgIpc) is 3.10. The lowest BCUT2D eigenvalue weighted by molar-refractivity contribution is -0.118. The molecular formula is C31H34N4O3S. The van der Waals surface area contributed by atoms with Gasteiger partial charge in [-0.25, -0.2) is 4.68 Å². The summed E-state index contributed by atoms with van der Waals surface area (Å²) in [5.41, 5.74) is 2.67. The number of hydrogen-bond acceptors (Lipinski definition) is 4. The molecule has 8 heteroatoms. The number of nitrogens with zero attached hydrogens (tertiary/aromatic N) is 2. The van der Waals surface area contributed by atoms with Crippen molar-refractivity contribution in [3.63, 3.8) is 0 Å². The van der Waals surface area contributed by atoms with Crippen LogP contribution in [0.4, 0.5) is 11.4 Å². The smallest absolute Gasteiger partial charge is 0.295 e. The lowest BCUT2D eigenvalue weighted by atomic mass is 9.92. The number of rotatable bonds is 8. The summed E-state index contributed by atoms with van der Waals surface area (Å²) in [6.45, 7) is 7.87. The van der Waals surface area contributed by atoms with Gasteiger partial charge in [0.1, 0.15) is 10.9 Å². The van der Waals surface area contributed by atoms with Crippen molar-refractivity contribution in [2.45, 2.75) is 44.3 Å². The molecule has 0 saturated heterocycles. The Bertz CT molecular complexity index is 1520. The number of amides is 2. The van der Waals surface area contributed by atoms with Gasteiger partial charge in [-0.05, 0) is 48.2 Å². The molecule has 2 amide bonds. The Labute approximate surface area is 233 Å². The fraction of sp³-hybridized carbons (Fsp3) is 0.258. The predicted octanol–water partition coefficient (Wildman–Crippen LogP) is 6.33. The molecule has 0 fully saturated rings. The monoisotopic (exact) mass is 542 g/mol. The Kier molecular flexibility index (Phi) is 8.45. The number of carbonyl (C=O) groups is 2. The predicted molar refractivity (Wildman–Crippen MR) is 159 cm³/mol. The molecule has 0 aliphatic heterocycles. The number of hydrogen-bond donors (Lipinski definition) is 2. The molecule has 0 spiro atoms. The molecule has 0 aliphatic carbocycles. The highest BCUT2D eigenvalue weighted by atomic mass is 32.2. The quantitative estimate of drug-likeness (QED) is 0.255. The van der Waals surface area contributed by atoms with E-state index in [1.807, 2.05) is 113 Å². The summed E-state index contributed by atoms with van der Waals surface area (Å²) in [7, 11) is 1.79. The molecule has 2 N–H and O–H groups in total. The minimum Gasteiger partial charge on any atom is -0.326 e. The van der Waals surface area contributed by atoms with Gasteiger partial charge in [-0.3, -0.25) is 19.1 Å². The van der Waals surface area contributed by atoms with E-state index in [0.29, 0.717) is 23.5 Å². The van der Waals surface area contributed by atoms with E-state index >= 15 is 0 Å². The van der Waals surface area contributed by atoms with E-state index in [9.17, 15) is 14.4 Å². The van der Waals surface area contributed by atoms with E-state index in [4.69, 9.17) is 0 Å². The van der Waals surface area contributed by atoms with E-state index in [0.717, 1.165) is 10.5 Å². The summed E-state index contributed by atoms with van der Waals surface area (Å²) in [5, 5.41) is 5.25. The van der Waals surface area contributed by atoms with Crippen LogP contribution in [-0.2, 0) is 16.6 Å². The highest BCUT2D eigenvalue weighted by Gasteiger charge is 2.26. The van der Waals surface area contributed by atoms with Crippen LogP contribution >= 0.6 is 11.8 Å². The van der Waals surface area contributed by atoms with Crippen molar-refractivity contribution in [2.24, 2.45) is 12.5 Å². The zero-order valence-corrected chi connectivity index (χ0v) is 23.7. The molecule has 202 valence electrons. The van der Waals surface area contributed by atoms with Gasteiger partial charge in [-0.15, -0.1) is 11.8 Å². The van der Waals surface area contributed by atoms with Crippen LogP contribution < -0.4 is 16.2 Å². The second-order valence-corrected chi connectivity index (χ2v) is 11.8. The zero-order valence-electron chi connectivity index (χ0n) is 22.9. The third-order valence-electron chi connectivity index (χ3n) is 6.21. The van der Waals surface area contributed by atoms with Crippen LogP contribution in [0.25, 0.3) is 5.69 Å². The molecule has 39 heavy (non-hydrogen) atoms. The third kappa shape index (κ3) is 6.89. The van der Waals surface area contributed by atoms with Crippen LogP contribution in [0.15, 0.2) is 94.6 Å². The molecular weight excluding hydrogens is 508 g/mol. The lowest BCUT2D eigenvalue weighted by Gasteiger charge is -2.18. The Morgan fingerprint density at radius 3 is 2.18 bits per heavy atom. The molecule has 1 unspecified atom stereocenters. The normalized spacial score (nSPS) is 12.1. The molecule has 1 atom stereocenters. The molecule has 0 aliphatic rings. The summed E-state index contributed by atoms with van der Waals surface area (Å²) in [5.74, 6) is -0.365. The van der Waals surface area contributed by atoms with Crippen LogP contribution in [0.5, 0.6) is 0 Å². The van der Waals surface area contributed by atoms with Crippen molar-refractivity contribution in [3.8, 4) is 5.69 Å². The van der Waals surface area contributed by atoms with Crippen molar-refractivity contribution in [2.75, 3.05) is 10.6 Å². The van der Waals surface area contributed by atoms with E-state index in [-0.39, 0.29) is 28.5 Å². The SMILES string of the molecule is Cc1c(NC(=O)C(Sc2cccc(NC(=O)CC(C)(C)C)c2)c2ccccc2)c(=O)n(-c2ccccc2)n1C. The highest BCUT2D eigenvalue weighted by molar-refractivity contribution is 8.00. The molecule has 4 aromatic rings. The maximum absolute atomic E-state index is 13.7. The average molecular weight is 543 g/mol. The Morgan fingerprint density at radius 2 is 1.54 bits per heavy atom. The van der Waals surface area contributed by atoms with Gasteiger partial charge in [-0.1, -0.05) is 75.4 Å². The fourth-order valence-electron chi connectivity index (χ4n) is 4.27. The molecule has 0 radical (unpaired) electrons. The third-order valence-corrected chi connectivity index (χ3v) is 7.45. The highest BCUT2D eigenvalue weighted by Crippen LogP contribution is 2.37. The topological polar surface area (TPSA) is 85.1 Å². The standard InChI is InChI=1S/C31H34N4O3S/c1-21-27(30(38)35(34(21)5)24-16-10-7-11-17-24)33-29(37)28(22-13-8-6-9-14-22)39-25-18-12-15-23(19-25)32-26(36)20-31(2,3)4/h6-19,28H,20H2,1-5H3,(H,32,36)(H,33,37). The largest absolute Gasteiger partial charge is 0.326 e. The van der Waals surface area contributed by atoms with Crippen molar-refractivity contribution in [1.29, 1.82) is 0 Å². The molecule has 1 aromatic heterocycles. The second-order valence-electron chi connectivity index (χ2n) is 10.6. The number of aromatic nitrogens is 2. The first kappa shape index (κ1) is 28.0. The van der Waals surface area contributed by atoms with Gasteiger partial charge in [-0.2, -0.15) is 0 Å². The van der Waals surface area contributed by atoms with Crippen molar-refractivity contribution >= 4 is 35.0 Å². The number of anilines is 2. The summed E-state index contributed by atoms with van der Waals surface area (Å²) in [6, 6.07) is 26.2. The summed E-state index contributed by atoms with van der Waals surface area (Å²) >= 11 is 1.36. The lowest BCUT2D eigenvalue weighted by Crippen LogP contribution is -2.25. The van der Waals surface area contributed by atoms with E-state index in [1.165, 1.54) is 11.8 Å². The van der Waals surface area contributed by atoms with Gasteiger partial charge in [0.15, 0.2) is 0 Å². The maximum Gasteiger partial charge on any atom is 0.295 e. The zero-order chi connectivity index (χ0) is 28.2. The number of benzene rings is 3. The molecule has 7 nitrogen and oxygen atoms in total. The maximum atomic E-state index is 13.7. The molecule has 0 bridgehead atoms. The van der Waals surface area contributed by atoms with Crippen LogP contribution in [0, 0.1) is 12.3 Å². The van der Waals surface area contributed by atoms with Crippen molar-refractivity contribution < 1.29 is 9.59 Å². The minimum atomic E-state index is -0.629. The Morgan fingerprint density at radius 1 is 0.897 bits per heavy atom. The van der Waals surface area contributed by atoms with E-state index < -0.39 is 5.25 Å². The first-order valence-electron chi connectivity index (χ1n) is 12.8. The van der Waals surface area contributed by atoms with Gasteiger partial charge < -0.3 is 10.6 Å². The van der Waals surface area contributed by atoms with Gasteiger partial charge in [0, 0.05) is 24.1 Å². The number of nitrogens with one attached hydrogen (secondary N) is 2. The minimum absolute atomic E-state index is 0.0590. The van der Waals surface area contributed by atoms with Gasteiger partial charge >= 0.3 is 0 Å². The summed E-state index contributed by atoms with van der Waals surface area (Å²) in [6.07, 6.45) is 0.399. The van der Waals surface area contributed by atoms with Crippen molar-refractivity contribution in [1.82, 2.24) is 9.36 Å². The molecule has 4 rings (SSSR count).